The Bertz CT molecular complexity index is 316. The Hall–Kier alpha value is -0.820. The summed E-state index contributed by atoms with van der Waals surface area (Å²) < 4.78 is 0. The van der Waals surface area contributed by atoms with E-state index in [0.29, 0.717) is 17.4 Å². The Morgan fingerprint density at radius 3 is 2.12 bits per heavy atom. The molecular formula is C16H27N. The highest BCUT2D eigenvalue weighted by Gasteiger charge is 2.28. The first-order valence-corrected chi connectivity index (χ1v) is 6.71. The van der Waals surface area contributed by atoms with Crippen LogP contribution in [0.3, 0.4) is 0 Å². The summed E-state index contributed by atoms with van der Waals surface area (Å²) in [5.41, 5.74) is 1.76. The molecule has 96 valence electrons. The average Bonchev–Trinajstić information content (AvgIpc) is 2.27. The molecule has 0 bridgehead atoms. The van der Waals surface area contributed by atoms with Crippen LogP contribution >= 0.6 is 0 Å². The largest absolute Gasteiger partial charge is 0.314 e. The van der Waals surface area contributed by atoms with Crippen LogP contribution in [0, 0.1) is 11.3 Å². The monoisotopic (exact) mass is 233 g/mol. The highest BCUT2D eigenvalue weighted by molar-refractivity contribution is 5.16. The van der Waals surface area contributed by atoms with Gasteiger partial charge in [0.05, 0.1) is 0 Å². The van der Waals surface area contributed by atoms with E-state index >= 15 is 0 Å². The lowest BCUT2D eigenvalue weighted by Gasteiger charge is -2.35. The van der Waals surface area contributed by atoms with Crippen molar-refractivity contribution in [2.75, 3.05) is 6.54 Å². The van der Waals surface area contributed by atoms with Crippen molar-refractivity contribution in [3.05, 3.63) is 35.9 Å². The molecule has 0 aliphatic heterocycles. The molecule has 1 atom stereocenters. The van der Waals surface area contributed by atoms with Crippen LogP contribution in [-0.2, 0) is 6.42 Å². The Morgan fingerprint density at radius 2 is 1.65 bits per heavy atom. The van der Waals surface area contributed by atoms with Gasteiger partial charge in [-0.3, -0.25) is 0 Å². The minimum atomic E-state index is 0.325. The van der Waals surface area contributed by atoms with E-state index in [1.54, 1.807) is 0 Å². The number of rotatable bonds is 6. The van der Waals surface area contributed by atoms with Gasteiger partial charge in [-0.2, -0.15) is 0 Å². The molecule has 1 aromatic carbocycles. The summed E-state index contributed by atoms with van der Waals surface area (Å²) in [6.45, 7) is 12.5. The normalized spacial score (nSPS) is 15.2. The first-order chi connectivity index (χ1) is 7.94. The highest BCUT2D eigenvalue weighted by Crippen LogP contribution is 2.30. The maximum Gasteiger partial charge on any atom is 0.00132 e. The summed E-state index contributed by atoms with van der Waals surface area (Å²) in [6, 6.07) is 11.4. The van der Waals surface area contributed by atoms with Crippen LogP contribution in [0.4, 0.5) is 0 Å². The Morgan fingerprint density at radius 1 is 1.06 bits per heavy atom. The fourth-order valence-corrected chi connectivity index (χ4v) is 1.97. The molecule has 17 heavy (non-hydrogen) atoms. The second kappa shape index (κ2) is 6.20. The van der Waals surface area contributed by atoms with E-state index in [0.717, 1.165) is 13.0 Å². The van der Waals surface area contributed by atoms with Crippen LogP contribution in [0.25, 0.3) is 0 Å². The third-order valence-electron chi connectivity index (χ3n) is 3.76. The molecule has 0 aliphatic carbocycles. The Balaban J connectivity index is 2.71. The maximum atomic E-state index is 3.59. The predicted molar refractivity (Wildman–Crippen MR) is 76.2 cm³/mol. The molecule has 0 amide bonds. The van der Waals surface area contributed by atoms with Gasteiger partial charge in [0.15, 0.2) is 0 Å². The highest BCUT2D eigenvalue weighted by atomic mass is 14.9. The van der Waals surface area contributed by atoms with Gasteiger partial charge in [-0.1, -0.05) is 65.0 Å². The van der Waals surface area contributed by atoms with Crippen molar-refractivity contribution in [3.63, 3.8) is 0 Å². The smallest absolute Gasteiger partial charge is 0.00132 e. The molecule has 1 unspecified atom stereocenters. The number of hydrogen-bond acceptors (Lipinski definition) is 1. The van der Waals surface area contributed by atoms with Gasteiger partial charge >= 0.3 is 0 Å². The van der Waals surface area contributed by atoms with Crippen molar-refractivity contribution in [2.45, 2.75) is 47.1 Å². The van der Waals surface area contributed by atoms with Gasteiger partial charge in [0.25, 0.3) is 0 Å². The van der Waals surface area contributed by atoms with E-state index in [-0.39, 0.29) is 0 Å². The summed E-state index contributed by atoms with van der Waals surface area (Å²) in [6.07, 6.45) is 1.14. The van der Waals surface area contributed by atoms with E-state index in [9.17, 15) is 0 Å². The third kappa shape index (κ3) is 4.51. The van der Waals surface area contributed by atoms with Gasteiger partial charge in [-0.15, -0.1) is 0 Å². The van der Waals surface area contributed by atoms with E-state index < -0.39 is 0 Å². The van der Waals surface area contributed by atoms with Crippen LogP contribution in [0.1, 0.15) is 40.2 Å². The SMILES string of the molecule is CC(C)NCC(C)(Cc1ccccc1)C(C)C. The first kappa shape index (κ1) is 14.2. The minimum absolute atomic E-state index is 0.325. The standard InChI is InChI=1S/C16H27N/c1-13(2)16(5,12-17-14(3)4)11-15-9-7-6-8-10-15/h6-10,13-14,17H,11-12H2,1-5H3. The van der Waals surface area contributed by atoms with Crippen LogP contribution < -0.4 is 5.32 Å². The number of nitrogens with one attached hydrogen (secondary N) is 1. The molecule has 1 nitrogen and oxygen atoms in total. The minimum Gasteiger partial charge on any atom is -0.314 e. The fourth-order valence-electron chi connectivity index (χ4n) is 1.97. The molecular weight excluding hydrogens is 206 g/mol. The second-order valence-electron chi connectivity index (χ2n) is 6.01. The summed E-state index contributed by atoms with van der Waals surface area (Å²) in [4.78, 5) is 0. The molecule has 0 heterocycles. The van der Waals surface area contributed by atoms with Crippen molar-refractivity contribution >= 4 is 0 Å². The van der Waals surface area contributed by atoms with Crippen LogP contribution in [0.2, 0.25) is 0 Å². The lowest BCUT2D eigenvalue weighted by atomic mass is 9.74. The molecule has 1 aromatic rings. The second-order valence-corrected chi connectivity index (χ2v) is 6.01. The molecule has 0 radical (unpaired) electrons. The molecule has 0 aromatic heterocycles. The third-order valence-corrected chi connectivity index (χ3v) is 3.76. The van der Waals surface area contributed by atoms with Crippen molar-refractivity contribution < 1.29 is 0 Å². The quantitative estimate of drug-likeness (QED) is 0.786. The summed E-state index contributed by atoms with van der Waals surface area (Å²) >= 11 is 0. The van der Waals surface area contributed by atoms with E-state index in [2.05, 4.69) is 70.3 Å². The number of benzene rings is 1. The topological polar surface area (TPSA) is 12.0 Å². The zero-order valence-corrected chi connectivity index (χ0v) is 12.0. The van der Waals surface area contributed by atoms with E-state index in [1.165, 1.54) is 5.56 Å². The zero-order valence-electron chi connectivity index (χ0n) is 12.0. The molecule has 0 saturated heterocycles. The molecule has 1 rings (SSSR count). The van der Waals surface area contributed by atoms with Crippen LogP contribution in [0.15, 0.2) is 30.3 Å². The van der Waals surface area contributed by atoms with Crippen molar-refractivity contribution in [1.29, 1.82) is 0 Å². The fraction of sp³-hybridized carbons (Fsp3) is 0.625. The lowest BCUT2D eigenvalue weighted by Crippen LogP contribution is -2.40. The molecule has 1 N–H and O–H groups in total. The first-order valence-electron chi connectivity index (χ1n) is 6.71. The van der Waals surface area contributed by atoms with Crippen molar-refractivity contribution in [1.82, 2.24) is 5.32 Å². The maximum absolute atomic E-state index is 3.59. The lowest BCUT2D eigenvalue weighted by molar-refractivity contribution is 0.202. The molecule has 0 spiro atoms. The van der Waals surface area contributed by atoms with Gasteiger partial charge in [0.1, 0.15) is 0 Å². The molecule has 1 heteroatoms. The Kier molecular flexibility index (Phi) is 5.20. The summed E-state index contributed by atoms with van der Waals surface area (Å²) in [7, 11) is 0. The molecule has 0 fully saturated rings. The van der Waals surface area contributed by atoms with Gasteiger partial charge in [0.2, 0.25) is 0 Å². The van der Waals surface area contributed by atoms with Gasteiger partial charge in [-0.25, -0.2) is 0 Å². The van der Waals surface area contributed by atoms with E-state index in [4.69, 9.17) is 0 Å². The molecule has 0 saturated carbocycles. The van der Waals surface area contributed by atoms with Gasteiger partial charge < -0.3 is 5.32 Å². The van der Waals surface area contributed by atoms with Gasteiger partial charge in [-0.05, 0) is 23.3 Å². The predicted octanol–water partition coefficient (Wildman–Crippen LogP) is 3.89. The van der Waals surface area contributed by atoms with E-state index in [1.807, 2.05) is 0 Å². The van der Waals surface area contributed by atoms with Gasteiger partial charge in [0, 0.05) is 12.6 Å². The summed E-state index contributed by atoms with van der Waals surface area (Å²) in [5.74, 6) is 0.675. The summed E-state index contributed by atoms with van der Waals surface area (Å²) in [5, 5.41) is 3.59. The van der Waals surface area contributed by atoms with Crippen LogP contribution in [-0.4, -0.2) is 12.6 Å². The van der Waals surface area contributed by atoms with Crippen LogP contribution in [0.5, 0.6) is 0 Å². The Labute approximate surface area is 107 Å². The number of hydrogen-bond donors (Lipinski definition) is 1. The average molecular weight is 233 g/mol. The van der Waals surface area contributed by atoms with Crippen molar-refractivity contribution in [3.8, 4) is 0 Å². The zero-order chi connectivity index (χ0) is 12.9. The van der Waals surface area contributed by atoms with Crippen molar-refractivity contribution in [2.24, 2.45) is 11.3 Å². The molecule has 0 aliphatic rings.